The number of nitrogens with one attached hydrogen (secondary N) is 2. The minimum absolute atomic E-state index is 0.0170. The number of sulfonamides is 1. The van der Waals surface area contributed by atoms with Crippen molar-refractivity contribution in [3.63, 3.8) is 0 Å². The van der Waals surface area contributed by atoms with Gasteiger partial charge in [-0.1, -0.05) is 0 Å². The summed E-state index contributed by atoms with van der Waals surface area (Å²) in [6.45, 7) is 3.23. The molecular formula is C14H22N2O5S. The first-order chi connectivity index (χ1) is 10.5. The van der Waals surface area contributed by atoms with Gasteiger partial charge in [0.2, 0.25) is 10.0 Å². The topological polar surface area (TPSA) is 93.7 Å². The van der Waals surface area contributed by atoms with Crippen molar-refractivity contribution in [1.29, 1.82) is 0 Å². The fourth-order valence-electron chi connectivity index (χ4n) is 1.77. The Balaban J connectivity index is 2.88. The van der Waals surface area contributed by atoms with Crippen LogP contribution < -0.4 is 14.8 Å². The molecule has 0 saturated carbocycles. The molecule has 0 heterocycles. The summed E-state index contributed by atoms with van der Waals surface area (Å²) in [6.07, 6.45) is 0.575. The van der Waals surface area contributed by atoms with Crippen LogP contribution in [0, 0.1) is 0 Å². The minimum Gasteiger partial charge on any atom is -0.496 e. The third-order valence-electron chi connectivity index (χ3n) is 2.91. The van der Waals surface area contributed by atoms with E-state index >= 15 is 0 Å². The Morgan fingerprint density at radius 2 is 2.05 bits per heavy atom. The zero-order chi connectivity index (χ0) is 16.6. The predicted molar refractivity (Wildman–Crippen MR) is 82.7 cm³/mol. The van der Waals surface area contributed by atoms with Crippen molar-refractivity contribution < 1.29 is 22.7 Å². The van der Waals surface area contributed by atoms with E-state index in [9.17, 15) is 13.2 Å². The number of carbonyl (C=O) groups is 1. The summed E-state index contributed by atoms with van der Waals surface area (Å²) < 4.78 is 37.1. The smallest absolute Gasteiger partial charge is 0.254 e. The Hall–Kier alpha value is -1.64. The van der Waals surface area contributed by atoms with E-state index in [2.05, 4.69) is 10.0 Å². The molecule has 0 radical (unpaired) electrons. The Bertz CT molecular complexity index is 601. The van der Waals surface area contributed by atoms with Crippen LogP contribution in [0.4, 0.5) is 0 Å². The largest absolute Gasteiger partial charge is 0.496 e. The van der Waals surface area contributed by atoms with Crippen LogP contribution in [0.2, 0.25) is 0 Å². The molecule has 8 heteroatoms. The predicted octanol–water partition coefficient (Wildman–Crippen LogP) is 0.760. The number of ether oxygens (including phenoxy) is 2. The second-order valence-electron chi connectivity index (χ2n) is 4.39. The molecular weight excluding hydrogens is 308 g/mol. The van der Waals surface area contributed by atoms with Crippen molar-refractivity contribution in [3.05, 3.63) is 23.8 Å². The maximum absolute atomic E-state index is 12.2. The molecule has 0 fully saturated rings. The SMILES string of the molecule is CCOCCCNS(=O)(=O)c1ccc(OC)c(C(=O)NC)c1. The molecule has 0 aliphatic heterocycles. The molecule has 0 unspecified atom stereocenters. The van der Waals surface area contributed by atoms with Crippen molar-refractivity contribution in [3.8, 4) is 5.75 Å². The lowest BCUT2D eigenvalue weighted by molar-refractivity contribution is 0.0960. The van der Waals surface area contributed by atoms with E-state index in [1.54, 1.807) is 0 Å². The number of amides is 1. The van der Waals surface area contributed by atoms with Gasteiger partial charge in [0.25, 0.3) is 5.91 Å². The zero-order valence-corrected chi connectivity index (χ0v) is 13.8. The van der Waals surface area contributed by atoms with Crippen molar-refractivity contribution in [2.24, 2.45) is 0 Å². The van der Waals surface area contributed by atoms with Gasteiger partial charge in [0, 0.05) is 26.8 Å². The number of carbonyl (C=O) groups excluding carboxylic acids is 1. The van der Waals surface area contributed by atoms with Crippen LogP contribution in [0.25, 0.3) is 0 Å². The highest BCUT2D eigenvalue weighted by molar-refractivity contribution is 7.89. The third kappa shape index (κ3) is 4.97. The first-order valence-corrected chi connectivity index (χ1v) is 8.42. The molecule has 0 spiro atoms. The van der Waals surface area contributed by atoms with Gasteiger partial charge < -0.3 is 14.8 Å². The van der Waals surface area contributed by atoms with Gasteiger partial charge in [0.05, 0.1) is 17.6 Å². The lowest BCUT2D eigenvalue weighted by Gasteiger charge is -2.11. The number of rotatable bonds is 9. The number of hydrogen-bond acceptors (Lipinski definition) is 5. The molecule has 2 N–H and O–H groups in total. The van der Waals surface area contributed by atoms with Crippen molar-refractivity contribution in [2.75, 3.05) is 33.9 Å². The standard InChI is InChI=1S/C14H22N2O5S/c1-4-21-9-5-8-16-22(18,19)11-6-7-13(20-3)12(10-11)14(17)15-2/h6-7,10,16H,4-5,8-9H2,1-3H3,(H,15,17). The Labute approximate surface area is 131 Å². The van der Waals surface area contributed by atoms with E-state index in [0.29, 0.717) is 25.4 Å². The molecule has 0 bridgehead atoms. The summed E-state index contributed by atoms with van der Waals surface area (Å²) in [6, 6.07) is 4.15. The van der Waals surface area contributed by atoms with Gasteiger partial charge in [0.15, 0.2) is 0 Å². The monoisotopic (exact) mass is 330 g/mol. The molecule has 0 aliphatic carbocycles. The lowest BCUT2D eigenvalue weighted by Crippen LogP contribution is -2.26. The van der Waals surface area contributed by atoms with E-state index < -0.39 is 15.9 Å². The number of hydrogen-bond donors (Lipinski definition) is 2. The summed E-state index contributed by atoms with van der Waals surface area (Å²) in [5.74, 6) is -0.0973. The maximum atomic E-state index is 12.2. The van der Waals surface area contributed by atoms with Crippen LogP contribution in [0.3, 0.4) is 0 Å². The highest BCUT2D eigenvalue weighted by Crippen LogP contribution is 2.22. The van der Waals surface area contributed by atoms with Crippen LogP contribution in [-0.4, -0.2) is 48.2 Å². The van der Waals surface area contributed by atoms with Gasteiger partial charge in [-0.2, -0.15) is 0 Å². The van der Waals surface area contributed by atoms with Crippen LogP contribution in [0.5, 0.6) is 5.75 Å². The fourth-order valence-corrected chi connectivity index (χ4v) is 2.87. The highest BCUT2D eigenvalue weighted by atomic mass is 32.2. The van der Waals surface area contributed by atoms with Gasteiger partial charge in [-0.3, -0.25) is 4.79 Å². The molecule has 0 saturated heterocycles. The molecule has 124 valence electrons. The van der Waals surface area contributed by atoms with E-state index in [4.69, 9.17) is 9.47 Å². The Morgan fingerprint density at radius 3 is 2.64 bits per heavy atom. The molecule has 0 atom stereocenters. The van der Waals surface area contributed by atoms with Crippen LogP contribution >= 0.6 is 0 Å². The number of methoxy groups -OCH3 is 1. The summed E-state index contributed by atoms with van der Waals surface area (Å²) in [7, 11) is -0.792. The zero-order valence-electron chi connectivity index (χ0n) is 13.0. The van der Waals surface area contributed by atoms with Crippen molar-refractivity contribution >= 4 is 15.9 Å². The first-order valence-electron chi connectivity index (χ1n) is 6.93. The third-order valence-corrected chi connectivity index (χ3v) is 4.37. The summed E-state index contributed by atoms with van der Waals surface area (Å²) in [5, 5.41) is 2.45. The summed E-state index contributed by atoms with van der Waals surface area (Å²) in [4.78, 5) is 11.8. The van der Waals surface area contributed by atoms with Crippen LogP contribution in [0.1, 0.15) is 23.7 Å². The van der Waals surface area contributed by atoms with Crippen LogP contribution in [-0.2, 0) is 14.8 Å². The molecule has 7 nitrogen and oxygen atoms in total. The van der Waals surface area contributed by atoms with Crippen LogP contribution in [0.15, 0.2) is 23.1 Å². The quantitative estimate of drug-likeness (QED) is 0.652. The average Bonchev–Trinajstić information content (AvgIpc) is 2.53. The molecule has 1 amide bonds. The first kappa shape index (κ1) is 18.4. The Morgan fingerprint density at radius 1 is 1.32 bits per heavy atom. The van der Waals surface area contributed by atoms with Crippen molar-refractivity contribution in [1.82, 2.24) is 10.0 Å². The normalized spacial score (nSPS) is 11.2. The fraction of sp³-hybridized carbons (Fsp3) is 0.500. The second kappa shape index (κ2) is 8.72. The Kier molecular flexibility index (Phi) is 7.30. The van der Waals surface area contributed by atoms with E-state index in [1.165, 1.54) is 32.4 Å². The van der Waals surface area contributed by atoms with Gasteiger partial charge in [0.1, 0.15) is 5.75 Å². The molecule has 1 rings (SSSR count). The summed E-state index contributed by atoms with van der Waals surface area (Å²) >= 11 is 0. The van der Waals surface area contributed by atoms with Gasteiger partial charge in [-0.25, -0.2) is 13.1 Å². The second-order valence-corrected chi connectivity index (χ2v) is 6.16. The van der Waals surface area contributed by atoms with Gasteiger partial charge >= 0.3 is 0 Å². The number of benzene rings is 1. The maximum Gasteiger partial charge on any atom is 0.254 e. The molecule has 0 aliphatic rings. The molecule has 1 aromatic rings. The highest BCUT2D eigenvalue weighted by Gasteiger charge is 2.18. The van der Waals surface area contributed by atoms with E-state index in [0.717, 1.165) is 0 Å². The van der Waals surface area contributed by atoms with E-state index in [-0.39, 0.29) is 17.0 Å². The van der Waals surface area contributed by atoms with E-state index in [1.807, 2.05) is 6.92 Å². The molecule has 1 aromatic carbocycles. The van der Waals surface area contributed by atoms with Gasteiger partial charge in [-0.15, -0.1) is 0 Å². The lowest BCUT2D eigenvalue weighted by atomic mass is 10.2. The van der Waals surface area contributed by atoms with Crippen molar-refractivity contribution in [2.45, 2.75) is 18.2 Å². The minimum atomic E-state index is -3.68. The molecule has 0 aromatic heterocycles. The average molecular weight is 330 g/mol. The molecule has 22 heavy (non-hydrogen) atoms. The van der Waals surface area contributed by atoms with Gasteiger partial charge in [-0.05, 0) is 31.5 Å². The summed E-state index contributed by atoms with van der Waals surface area (Å²) in [5.41, 5.74) is 0.169.